The summed E-state index contributed by atoms with van der Waals surface area (Å²) in [5.74, 6) is 2.46. The van der Waals surface area contributed by atoms with Gasteiger partial charge >= 0.3 is 0 Å². The number of nitrogens with zero attached hydrogens (tertiary/aromatic N) is 2. The van der Waals surface area contributed by atoms with Gasteiger partial charge in [0.1, 0.15) is 23.9 Å². The zero-order chi connectivity index (χ0) is 16.5. The summed E-state index contributed by atoms with van der Waals surface area (Å²) < 4.78 is 16.9. The predicted octanol–water partition coefficient (Wildman–Crippen LogP) is 3.68. The Bertz CT molecular complexity index is 798. The standard InChI is InChI=1S/C19H20N2O3/c1-13-17(20-19(23-13)15-7-8-22-12-15)11-21(2)10-16-9-14-5-3-4-6-18(14)24-16/h3-8,12,16H,9-11H2,1-2H3/t16-/m0/s1. The summed E-state index contributed by atoms with van der Waals surface area (Å²) >= 11 is 0. The number of ether oxygens (including phenoxy) is 1. The van der Waals surface area contributed by atoms with E-state index in [0.717, 1.165) is 42.3 Å². The topological polar surface area (TPSA) is 51.6 Å². The first kappa shape index (κ1) is 15.0. The minimum atomic E-state index is 0.188. The molecule has 0 saturated carbocycles. The second kappa shape index (κ2) is 6.17. The average Bonchev–Trinajstić information content (AvgIpc) is 3.27. The summed E-state index contributed by atoms with van der Waals surface area (Å²) in [5, 5.41) is 0. The molecule has 5 nitrogen and oxygen atoms in total. The minimum absolute atomic E-state index is 0.188. The Morgan fingerprint density at radius 2 is 2.12 bits per heavy atom. The molecule has 1 aliphatic rings. The Labute approximate surface area is 140 Å². The van der Waals surface area contributed by atoms with Gasteiger partial charge < -0.3 is 13.6 Å². The molecule has 1 aliphatic heterocycles. The Morgan fingerprint density at radius 1 is 1.25 bits per heavy atom. The molecular formula is C19H20N2O3. The van der Waals surface area contributed by atoms with Crippen molar-refractivity contribution in [3.05, 3.63) is 59.9 Å². The third-order valence-corrected chi connectivity index (χ3v) is 4.31. The smallest absolute Gasteiger partial charge is 0.229 e. The number of likely N-dealkylation sites (N-methyl/N-ethyl adjacent to an activating group) is 1. The molecule has 0 N–H and O–H groups in total. The zero-order valence-corrected chi connectivity index (χ0v) is 13.9. The van der Waals surface area contributed by atoms with E-state index in [2.05, 4.69) is 29.1 Å². The van der Waals surface area contributed by atoms with E-state index in [1.54, 1.807) is 12.5 Å². The lowest BCUT2D eigenvalue weighted by Gasteiger charge is -2.19. The summed E-state index contributed by atoms with van der Waals surface area (Å²) in [6, 6.07) is 10.1. The fourth-order valence-corrected chi connectivity index (χ4v) is 3.11. The van der Waals surface area contributed by atoms with Crippen LogP contribution < -0.4 is 4.74 Å². The van der Waals surface area contributed by atoms with Gasteiger partial charge in [-0.15, -0.1) is 0 Å². The summed E-state index contributed by atoms with van der Waals surface area (Å²) in [7, 11) is 2.08. The molecule has 124 valence electrons. The van der Waals surface area contributed by atoms with Crippen LogP contribution >= 0.6 is 0 Å². The van der Waals surface area contributed by atoms with Crippen LogP contribution in [0.4, 0.5) is 0 Å². The SMILES string of the molecule is Cc1oc(-c2ccoc2)nc1CN(C)C[C@@H]1Cc2ccccc2O1. The van der Waals surface area contributed by atoms with Gasteiger partial charge in [0.25, 0.3) is 0 Å². The van der Waals surface area contributed by atoms with E-state index in [4.69, 9.17) is 13.6 Å². The van der Waals surface area contributed by atoms with Crippen LogP contribution in [0, 0.1) is 6.92 Å². The number of fused-ring (bicyclic) bond motifs is 1. The second-order valence-corrected chi connectivity index (χ2v) is 6.28. The number of hydrogen-bond donors (Lipinski definition) is 0. The maximum absolute atomic E-state index is 6.01. The first-order valence-electron chi connectivity index (χ1n) is 8.11. The predicted molar refractivity (Wildman–Crippen MR) is 89.8 cm³/mol. The number of rotatable bonds is 5. The van der Waals surface area contributed by atoms with Gasteiger partial charge in [-0.3, -0.25) is 4.90 Å². The van der Waals surface area contributed by atoms with Crippen molar-refractivity contribution < 1.29 is 13.6 Å². The number of benzene rings is 1. The fourth-order valence-electron chi connectivity index (χ4n) is 3.11. The van der Waals surface area contributed by atoms with E-state index < -0.39 is 0 Å². The van der Waals surface area contributed by atoms with Crippen LogP contribution in [-0.4, -0.2) is 29.6 Å². The molecule has 0 unspecified atom stereocenters. The van der Waals surface area contributed by atoms with Crippen LogP contribution in [0.1, 0.15) is 17.0 Å². The summed E-state index contributed by atoms with van der Waals surface area (Å²) in [6.45, 7) is 3.52. The van der Waals surface area contributed by atoms with E-state index in [0.29, 0.717) is 5.89 Å². The van der Waals surface area contributed by atoms with Gasteiger partial charge in [-0.2, -0.15) is 0 Å². The van der Waals surface area contributed by atoms with Crippen molar-refractivity contribution in [2.45, 2.75) is 26.0 Å². The highest BCUT2D eigenvalue weighted by atomic mass is 16.5. The van der Waals surface area contributed by atoms with Crippen LogP contribution in [0.15, 0.2) is 51.7 Å². The van der Waals surface area contributed by atoms with Gasteiger partial charge in [0.15, 0.2) is 0 Å². The number of aromatic nitrogens is 1. The Balaban J connectivity index is 1.39. The summed E-state index contributed by atoms with van der Waals surface area (Å²) in [6.07, 6.45) is 4.41. The first-order chi connectivity index (χ1) is 11.7. The fraction of sp³-hybridized carbons (Fsp3) is 0.316. The van der Waals surface area contributed by atoms with Gasteiger partial charge in [-0.25, -0.2) is 4.98 Å². The molecule has 3 aromatic rings. The van der Waals surface area contributed by atoms with Crippen LogP contribution in [0.3, 0.4) is 0 Å². The lowest BCUT2D eigenvalue weighted by Crippen LogP contribution is -2.31. The van der Waals surface area contributed by atoms with Crippen molar-refractivity contribution >= 4 is 0 Å². The molecule has 1 atom stereocenters. The molecule has 0 amide bonds. The van der Waals surface area contributed by atoms with Crippen molar-refractivity contribution in [1.82, 2.24) is 9.88 Å². The molecule has 0 aliphatic carbocycles. The van der Waals surface area contributed by atoms with Gasteiger partial charge in [-0.1, -0.05) is 18.2 Å². The van der Waals surface area contributed by atoms with Crippen LogP contribution in [-0.2, 0) is 13.0 Å². The number of oxazole rings is 1. The van der Waals surface area contributed by atoms with E-state index >= 15 is 0 Å². The van der Waals surface area contributed by atoms with Crippen molar-refractivity contribution in [2.24, 2.45) is 0 Å². The highest BCUT2D eigenvalue weighted by Gasteiger charge is 2.24. The maximum Gasteiger partial charge on any atom is 0.229 e. The second-order valence-electron chi connectivity index (χ2n) is 6.28. The largest absolute Gasteiger partial charge is 0.488 e. The number of furan rings is 1. The normalized spacial score (nSPS) is 16.4. The van der Waals surface area contributed by atoms with Crippen LogP contribution in [0.2, 0.25) is 0 Å². The molecule has 0 bridgehead atoms. The number of para-hydroxylation sites is 1. The highest BCUT2D eigenvalue weighted by molar-refractivity contribution is 5.51. The molecule has 4 rings (SSSR count). The molecule has 3 heterocycles. The molecule has 24 heavy (non-hydrogen) atoms. The molecule has 5 heteroatoms. The Kier molecular flexibility index (Phi) is 3.86. The van der Waals surface area contributed by atoms with E-state index in [9.17, 15) is 0 Å². The van der Waals surface area contributed by atoms with Crippen molar-refractivity contribution in [3.8, 4) is 17.2 Å². The number of hydrogen-bond acceptors (Lipinski definition) is 5. The van der Waals surface area contributed by atoms with Crippen molar-refractivity contribution in [1.29, 1.82) is 0 Å². The van der Waals surface area contributed by atoms with E-state index in [-0.39, 0.29) is 6.10 Å². The quantitative estimate of drug-likeness (QED) is 0.716. The lowest BCUT2D eigenvalue weighted by molar-refractivity contribution is 0.164. The summed E-state index contributed by atoms with van der Waals surface area (Å²) in [5.41, 5.74) is 3.10. The van der Waals surface area contributed by atoms with Gasteiger partial charge in [0, 0.05) is 19.5 Å². The maximum atomic E-state index is 6.01. The molecular weight excluding hydrogens is 304 g/mol. The lowest BCUT2D eigenvalue weighted by atomic mass is 10.1. The van der Waals surface area contributed by atoms with Gasteiger partial charge in [-0.05, 0) is 31.7 Å². The van der Waals surface area contributed by atoms with Crippen molar-refractivity contribution in [2.75, 3.05) is 13.6 Å². The Morgan fingerprint density at radius 3 is 2.92 bits per heavy atom. The van der Waals surface area contributed by atoms with Gasteiger partial charge in [0.2, 0.25) is 5.89 Å². The van der Waals surface area contributed by atoms with E-state index in [1.165, 1.54) is 5.56 Å². The van der Waals surface area contributed by atoms with Crippen molar-refractivity contribution in [3.63, 3.8) is 0 Å². The summed E-state index contributed by atoms with van der Waals surface area (Å²) in [4.78, 5) is 6.82. The zero-order valence-electron chi connectivity index (χ0n) is 13.9. The first-order valence-corrected chi connectivity index (χ1v) is 8.11. The van der Waals surface area contributed by atoms with Crippen LogP contribution in [0.25, 0.3) is 11.5 Å². The molecule has 2 aromatic heterocycles. The highest BCUT2D eigenvalue weighted by Crippen LogP contribution is 2.29. The molecule has 1 aromatic carbocycles. The molecule has 0 radical (unpaired) electrons. The minimum Gasteiger partial charge on any atom is -0.488 e. The third-order valence-electron chi connectivity index (χ3n) is 4.31. The molecule has 0 saturated heterocycles. The number of aryl methyl sites for hydroxylation is 1. The van der Waals surface area contributed by atoms with E-state index in [1.807, 2.05) is 25.1 Å². The third kappa shape index (κ3) is 2.95. The van der Waals surface area contributed by atoms with Crippen LogP contribution in [0.5, 0.6) is 5.75 Å². The molecule has 0 spiro atoms. The average molecular weight is 324 g/mol. The van der Waals surface area contributed by atoms with Gasteiger partial charge in [0.05, 0.1) is 17.5 Å². The Hall–Kier alpha value is -2.53. The molecule has 0 fully saturated rings. The monoisotopic (exact) mass is 324 g/mol.